The number of nitrogens with zero attached hydrogens (tertiary/aromatic N) is 2. The SMILES string of the molecule is Cc1ccc(N(CC(=O)O)C(=O)NN(C)C)cc1. The summed E-state index contributed by atoms with van der Waals surface area (Å²) in [7, 11) is 3.32. The number of hydrogen-bond donors (Lipinski definition) is 2. The average Bonchev–Trinajstić information content (AvgIpc) is 2.26. The number of carbonyl (C=O) groups excluding carboxylic acids is 1. The molecule has 1 rings (SSSR count). The number of hydrazine groups is 1. The van der Waals surface area contributed by atoms with Crippen LogP contribution in [-0.4, -0.2) is 42.8 Å². The first kappa shape index (κ1) is 14.0. The van der Waals surface area contributed by atoms with Crippen molar-refractivity contribution in [3.8, 4) is 0 Å². The van der Waals surface area contributed by atoms with Crippen LogP contribution in [0.3, 0.4) is 0 Å². The molecule has 1 aromatic rings. The van der Waals surface area contributed by atoms with Gasteiger partial charge in [0.25, 0.3) is 0 Å². The predicted octanol–water partition coefficient (Wildman–Crippen LogP) is 1.07. The number of hydrogen-bond acceptors (Lipinski definition) is 3. The molecular weight excluding hydrogens is 234 g/mol. The Balaban J connectivity index is 2.93. The number of benzene rings is 1. The summed E-state index contributed by atoms with van der Waals surface area (Å²) in [4.78, 5) is 23.9. The second kappa shape index (κ2) is 6.02. The molecule has 98 valence electrons. The molecule has 2 amide bonds. The normalized spacial score (nSPS) is 10.2. The molecule has 0 heterocycles. The minimum absolute atomic E-state index is 0.386. The van der Waals surface area contributed by atoms with Crippen molar-refractivity contribution < 1.29 is 14.7 Å². The third kappa shape index (κ3) is 4.06. The molecule has 0 fully saturated rings. The Labute approximate surface area is 106 Å². The molecule has 0 aliphatic rings. The summed E-state index contributed by atoms with van der Waals surface area (Å²) < 4.78 is 0. The van der Waals surface area contributed by atoms with Gasteiger partial charge in [-0.2, -0.15) is 0 Å². The smallest absolute Gasteiger partial charge is 0.336 e. The van der Waals surface area contributed by atoms with Crippen molar-refractivity contribution in [1.29, 1.82) is 0 Å². The van der Waals surface area contributed by atoms with Crippen LogP contribution in [0.5, 0.6) is 0 Å². The molecule has 0 bridgehead atoms. The minimum atomic E-state index is -1.07. The molecule has 0 aliphatic heterocycles. The fourth-order valence-electron chi connectivity index (χ4n) is 1.39. The van der Waals surface area contributed by atoms with Gasteiger partial charge in [-0.1, -0.05) is 17.7 Å². The molecule has 0 aliphatic carbocycles. The maximum Gasteiger partial charge on any atom is 0.336 e. The van der Waals surface area contributed by atoms with E-state index in [0.717, 1.165) is 5.56 Å². The van der Waals surface area contributed by atoms with E-state index in [1.54, 1.807) is 26.2 Å². The fraction of sp³-hybridized carbons (Fsp3) is 0.333. The summed E-state index contributed by atoms with van der Waals surface area (Å²) in [5.41, 5.74) is 4.11. The van der Waals surface area contributed by atoms with Gasteiger partial charge < -0.3 is 5.11 Å². The quantitative estimate of drug-likeness (QED) is 0.785. The summed E-state index contributed by atoms with van der Waals surface area (Å²) in [6, 6.07) is 6.60. The van der Waals surface area contributed by atoms with Crippen LogP contribution in [-0.2, 0) is 4.79 Å². The maximum absolute atomic E-state index is 11.9. The van der Waals surface area contributed by atoms with E-state index in [1.165, 1.54) is 9.91 Å². The summed E-state index contributed by atoms with van der Waals surface area (Å²) in [5, 5.41) is 10.3. The van der Waals surface area contributed by atoms with Gasteiger partial charge >= 0.3 is 12.0 Å². The van der Waals surface area contributed by atoms with Crippen LogP contribution >= 0.6 is 0 Å². The van der Waals surface area contributed by atoms with E-state index >= 15 is 0 Å². The van der Waals surface area contributed by atoms with Gasteiger partial charge in [-0.25, -0.2) is 9.80 Å². The molecule has 0 aromatic heterocycles. The second-order valence-electron chi connectivity index (χ2n) is 4.13. The average molecular weight is 251 g/mol. The van der Waals surface area contributed by atoms with Gasteiger partial charge in [0, 0.05) is 19.8 Å². The van der Waals surface area contributed by atoms with Crippen molar-refractivity contribution in [2.45, 2.75) is 6.92 Å². The largest absolute Gasteiger partial charge is 0.480 e. The van der Waals surface area contributed by atoms with Gasteiger partial charge in [-0.3, -0.25) is 15.1 Å². The molecule has 6 nitrogen and oxygen atoms in total. The molecule has 0 atom stereocenters. The highest BCUT2D eigenvalue weighted by molar-refractivity contribution is 5.95. The van der Waals surface area contributed by atoms with E-state index < -0.39 is 12.0 Å². The highest BCUT2D eigenvalue weighted by Crippen LogP contribution is 2.15. The van der Waals surface area contributed by atoms with Crippen LogP contribution in [0.1, 0.15) is 5.56 Å². The maximum atomic E-state index is 11.9. The van der Waals surface area contributed by atoms with E-state index in [4.69, 9.17) is 5.11 Å². The minimum Gasteiger partial charge on any atom is -0.480 e. The van der Waals surface area contributed by atoms with Gasteiger partial charge in [0.05, 0.1) is 0 Å². The van der Waals surface area contributed by atoms with Crippen LogP contribution < -0.4 is 10.3 Å². The molecule has 0 radical (unpaired) electrons. The van der Waals surface area contributed by atoms with Crippen LogP contribution in [0.25, 0.3) is 0 Å². The molecule has 0 saturated heterocycles. The van der Waals surface area contributed by atoms with Crippen LogP contribution in [0.15, 0.2) is 24.3 Å². The summed E-state index contributed by atoms with van der Waals surface area (Å²) in [6.45, 7) is 1.54. The van der Waals surface area contributed by atoms with Gasteiger partial charge in [0.1, 0.15) is 6.54 Å². The Kier molecular flexibility index (Phi) is 4.67. The first-order chi connectivity index (χ1) is 8.40. The van der Waals surface area contributed by atoms with Gasteiger partial charge in [-0.15, -0.1) is 0 Å². The lowest BCUT2D eigenvalue weighted by molar-refractivity contribution is -0.135. The standard InChI is InChI=1S/C12H17N3O3/c1-9-4-6-10(7-5-9)15(8-11(16)17)12(18)13-14(2)3/h4-7H,8H2,1-3H3,(H,13,18)(H,16,17). The second-order valence-corrected chi connectivity index (χ2v) is 4.13. The van der Waals surface area contributed by atoms with Crippen LogP contribution in [0.4, 0.5) is 10.5 Å². The number of aliphatic carboxylic acids is 1. The Morgan fingerprint density at radius 2 is 1.78 bits per heavy atom. The molecule has 0 saturated carbocycles. The highest BCUT2D eigenvalue weighted by atomic mass is 16.4. The van der Waals surface area contributed by atoms with Gasteiger partial charge in [0.15, 0.2) is 0 Å². The molecule has 0 spiro atoms. The lowest BCUT2D eigenvalue weighted by Gasteiger charge is -2.23. The number of carboxylic acids is 1. The number of nitrogens with one attached hydrogen (secondary N) is 1. The molecule has 1 aromatic carbocycles. The van der Waals surface area contributed by atoms with Crippen molar-refractivity contribution in [3.63, 3.8) is 0 Å². The lowest BCUT2D eigenvalue weighted by Crippen LogP contribution is -2.47. The number of anilines is 1. The van der Waals surface area contributed by atoms with E-state index in [0.29, 0.717) is 5.69 Å². The zero-order chi connectivity index (χ0) is 13.7. The molecule has 18 heavy (non-hydrogen) atoms. The van der Waals surface area contributed by atoms with Crippen molar-refractivity contribution >= 4 is 17.7 Å². The van der Waals surface area contributed by atoms with Crippen LogP contribution in [0.2, 0.25) is 0 Å². The van der Waals surface area contributed by atoms with E-state index in [9.17, 15) is 9.59 Å². The van der Waals surface area contributed by atoms with Gasteiger partial charge in [0.2, 0.25) is 0 Å². The van der Waals surface area contributed by atoms with Crippen molar-refractivity contribution in [1.82, 2.24) is 10.4 Å². The number of carbonyl (C=O) groups is 2. The van der Waals surface area contributed by atoms with Crippen molar-refractivity contribution in [2.24, 2.45) is 0 Å². The van der Waals surface area contributed by atoms with Crippen molar-refractivity contribution in [2.75, 3.05) is 25.5 Å². The number of amides is 2. The molecule has 2 N–H and O–H groups in total. The lowest BCUT2D eigenvalue weighted by atomic mass is 10.2. The summed E-state index contributed by atoms with van der Waals surface area (Å²) >= 11 is 0. The molecule has 6 heteroatoms. The Bertz CT molecular complexity index is 429. The Morgan fingerprint density at radius 3 is 2.22 bits per heavy atom. The van der Waals surface area contributed by atoms with Crippen LogP contribution in [0, 0.1) is 6.92 Å². The summed E-state index contributed by atoms with van der Waals surface area (Å²) in [5.74, 6) is -1.07. The number of rotatable bonds is 4. The number of carboxylic acid groups (broad SMARTS) is 1. The first-order valence-corrected chi connectivity index (χ1v) is 5.44. The summed E-state index contributed by atoms with van der Waals surface area (Å²) in [6.07, 6.45) is 0. The molecular formula is C12H17N3O3. The van der Waals surface area contributed by atoms with Gasteiger partial charge in [-0.05, 0) is 19.1 Å². The Morgan fingerprint density at radius 1 is 1.22 bits per heavy atom. The molecule has 0 unspecified atom stereocenters. The van der Waals surface area contributed by atoms with E-state index in [2.05, 4.69) is 5.43 Å². The third-order valence-corrected chi connectivity index (χ3v) is 2.20. The van der Waals surface area contributed by atoms with E-state index in [1.807, 2.05) is 19.1 Å². The highest BCUT2D eigenvalue weighted by Gasteiger charge is 2.18. The Hall–Kier alpha value is -2.08. The number of urea groups is 1. The zero-order valence-corrected chi connectivity index (χ0v) is 10.7. The van der Waals surface area contributed by atoms with Crippen molar-refractivity contribution in [3.05, 3.63) is 29.8 Å². The predicted molar refractivity (Wildman–Crippen MR) is 68.4 cm³/mol. The monoisotopic (exact) mass is 251 g/mol. The third-order valence-electron chi connectivity index (χ3n) is 2.20. The number of aryl methyl sites for hydroxylation is 1. The zero-order valence-electron chi connectivity index (χ0n) is 10.7. The first-order valence-electron chi connectivity index (χ1n) is 5.44. The topological polar surface area (TPSA) is 72.9 Å². The fourth-order valence-corrected chi connectivity index (χ4v) is 1.39. The van der Waals surface area contributed by atoms with E-state index in [-0.39, 0.29) is 6.54 Å².